The van der Waals surface area contributed by atoms with E-state index in [1.165, 1.54) is 0 Å². The largest absolute Gasteiger partial charge is 0.322 e. The first-order valence-corrected chi connectivity index (χ1v) is 4.99. The molecular weight excluding hydrogens is 307 g/mol. The molecule has 0 unspecified atom stereocenters. The molecule has 1 rings (SSSR count). The van der Waals surface area contributed by atoms with Gasteiger partial charge in [0, 0.05) is 14.5 Å². The Morgan fingerprint density at radius 3 is 2.17 bits per heavy atom. The molecule has 0 bridgehead atoms. The van der Waals surface area contributed by atoms with E-state index in [0.29, 0.717) is 0 Å². The number of hydrogen-bond acceptors (Lipinski definition) is 2. The number of nitrogens with zero attached hydrogens (tertiary/aromatic N) is 1. The quantitative estimate of drug-likeness (QED) is 0.483. The lowest BCUT2D eigenvalue weighted by molar-refractivity contribution is 1.26. The summed E-state index contributed by atoms with van der Waals surface area (Å²) in [5.41, 5.74) is 0.778. The average molecular weight is 312 g/mol. The van der Waals surface area contributed by atoms with Gasteiger partial charge in [-0.2, -0.15) is 5.10 Å². The zero-order chi connectivity index (χ0) is 9.14. The minimum absolute atomic E-state index is 0.289. The number of rotatable bonds is 1. The summed E-state index contributed by atoms with van der Waals surface area (Å²) < 4.78 is 1.85. The van der Waals surface area contributed by atoms with Crippen LogP contribution >= 0.6 is 43.5 Å². The first-order valence-electron chi connectivity index (χ1n) is 3.03. The lowest BCUT2D eigenvalue weighted by Crippen LogP contribution is -1.95. The van der Waals surface area contributed by atoms with Crippen LogP contribution in [0.2, 0.25) is 0 Å². The lowest BCUT2D eigenvalue weighted by atomic mass is 10.2. The minimum Gasteiger partial charge on any atom is -0.322 e. The molecule has 0 aliphatic carbocycles. The topological polar surface area (TPSA) is 38.4 Å². The Hall–Kier alpha value is -0.0600. The predicted octanol–water partition coefficient (Wildman–Crippen LogP) is 3.07. The SMILES string of the molecule is N/N=C(\Cl)c1cc(Br)cc(Br)c1. The maximum Gasteiger partial charge on any atom is 0.155 e. The maximum absolute atomic E-state index is 5.72. The number of hydrogen-bond donors (Lipinski definition) is 1. The summed E-state index contributed by atoms with van der Waals surface area (Å²) in [6.45, 7) is 0. The summed E-state index contributed by atoms with van der Waals surface area (Å²) in [6, 6.07) is 5.58. The minimum atomic E-state index is 0.289. The van der Waals surface area contributed by atoms with Crippen LogP contribution in [0.3, 0.4) is 0 Å². The fraction of sp³-hybridized carbons (Fsp3) is 0. The Bertz CT molecular complexity index is 305. The predicted molar refractivity (Wildman–Crippen MR) is 58.4 cm³/mol. The summed E-state index contributed by atoms with van der Waals surface area (Å²) in [5.74, 6) is 5.03. The van der Waals surface area contributed by atoms with Gasteiger partial charge in [-0.15, -0.1) is 0 Å². The standard InChI is InChI=1S/C7H5Br2ClN2/c8-5-1-4(7(10)12-11)2-6(9)3-5/h1-3H,11H2/b12-7-. The van der Waals surface area contributed by atoms with Gasteiger partial charge in [0.05, 0.1) is 0 Å². The molecule has 0 aliphatic rings. The Kier molecular flexibility index (Phi) is 3.55. The van der Waals surface area contributed by atoms with Crippen LogP contribution in [0.4, 0.5) is 0 Å². The van der Waals surface area contributed by atoms with Crippen LogP contribution in [0.15, 0.2) is 32.2 Å². The Labute approximate surface area is 92.0 Å². The van der Waals surface area contributed by atoms with Crippen LogP contribution in [0.1, 0.15) is 5.56 Å². The van der Waals surface area contributed by atoms with Crippen LogP contribution in [0, 0.1) is 0 Å². The van der Waals surface area contributed by atoms with Crippen molar-refractivity contribution in [2.75, 3.05) is 0 Å². The molecule has 0 saturated carbocycles. The molecule has 2 nitrogen and oxygen atoms in total. The average Bonchev–Trinajstić information content (AvgIpc) is 2.01. The van der Waals surface area contributed by atoms with Crippen molar-refractivity contribution in [3.8, 4) is 0 Å². The molecule has 0 amide bonds. The molecule has 5 heteroatoms. The number of hydrazone groups is 1. The summed E-state index contributed by atoms with van der Waals surface area (Å²) in [6.07, 6.45) is 0. The van der Waals surface area contributed by atoms with E-state index in [1.54, 1.807) is 0 Å². The number of benzene rings is 1. The molecule has 0 spiro atoms. The van der Waals surface area contributed by atoms with Crippen molar-refractivity contribution in [3.05, 3.63) is 32.7 Å². The molecule has 0 radical (unpaired) electrons. The number of halogens is 3. The highest BCUT2D eigenvalue weighted by Gasteiger charge is 2.01. The molecule has 1 aromatic rings. The zero-order valence-corrected chi connectivity index (χ0v) is 9.82. The summed E-state index contributed by atoms with van der Waals surface area (Å²) in [5, 5.41) is 3.67. The first kappa shape index (κ1) is 10.0. The molecule has 1 aromatic carbocycles. The van der Waals surface area contributed by atoms with Crippen LogP contribution < -0.4 is 5.84 Å². The third kappa shape index (κ3) is 2.47. The zero-order valence-electron chi connectivity index (χ0n) is 5.89. The molecule has 0 heterocycles. The molecule has 0 aliphatic heterocycles. The Morgan fingerprint density at radius 2 is 1.75 bits per heavy atom. The van der Waals surface area contributed by atoms with Crippen molar-refractivity contribution in [1.29, 1.82) is 0 Å². The van der Waals surface area contributed by atoms with Gasteiger partial charge in [0.25, 0.3) is 0 Å². The summed E-state index contributed by atoms with van der Waals surface area (Å²) in [7, 11) is 0. The molecule has 0 atom stereocenters. The highest BCUT2D eigenvalue weighted by Crippen LogP contribution is 2.21. The van der Waals surface area contributed by atoms with E-state index in [0.717, 1.165) is 14.5 Å². The third-order valence-electron chi connectivity index (χ3n) is 1.21. The molecule has 2 N–H and O–H groups in total. The highest BCUT2D eigenvalue weighted by atomic mass is 79.9. The highest BCUT2D eigenvalue weighted by molar-refractivity contribution is 9.11. The van der Waals surface area contributed by atoms with Crippen LogP contribution in [0.25, 0.3) is 0 Å². The van der Waals surface area contributed by atoms with Crippen LogP contribution in [-0.2, 0) is 0 Å². The molecule has 0 aromatic heterocycles. The lowest BCUT2D eigenvalue weighted by Gasteiger charge is -1.99. The number of nitrogens with two attached hydrogens (primary N) is 1. The van der Waals surface area contributed by atoms with Crippen molar-refractivity contribution in [2.45, 2.75) is 0 Å². The van der Waals surface area contributed by atoms with E-state index in [2.05, 4.69) is 37.0 Å². The van der Waals surface area contributed by atoms with Crippen molar-refractivity contribution in [2.24, 2.45) is 10.9 Å². The van der Waals surface area contributed by atoms with Gasteiger partial charge in [-0.3, -0.25) is 0 Å². The van der Waals surface area contributed by atoms with Gasteiger partial charge in [0.15, 0.2) is 5.17 Å². The van der Waals surface area contributed by atoms with E-state index in [-0.39, 0.29) is 5.17 Å². The normalized spacial score (nSPS) is 11.8. The van der Waals surface area contributed by atoms with Crippen molar-refractivity contribution >= 4 is 48.6 Å². The Balaban J connectivity index is 3.17. The van der Waals surface area contributed by atoms with Gasteiger partial charge in [0.1, 0.15) is 0 Å². The third-order valence-corrected chi connectivity index (χ3v) is 2.45. The van der Waals surface area contributed by atoms with Gasteiger partial charge in [0.2, 0.25) is 0 Å². The fourth-order valence-corrected chi connectivity index (χ4v) is 2.15. The fourth-order valence-electron chi connectivity index (χ4n) is 0.747. The van der Waals surface area contributed by atoms with Crippen LogP contribution in [-0.4, -0.2) is 5.17 Å². The van der Waals surface area contributed by atoms with Gasteiger partial charge in [-0.05, 0) is 18.2 Å². The van der Waals surface area contributed by atoms with Crippen molar-refractivity contribution < 1.29 is 0 Å². The van der Waals surface area contributed by atoms with E-state index >= 15 is 0 Å². The molecule has 12 heavy (non-hydrogen) atoms. The van der Waals surface area contributed by atoms with E-state index in [4.69, 9.17) is 17.4 Å². The monoisotopic (exact) mass is 310 g/mol. The molecule has 0 saturated heterocycles. The van der Waals surface area contributed by atoms with E-state index < -0.39 is 0 Å². The second-order valence-corrected chi connectivity index (χ2v) is 4.27. The van der Waals surface area contributed by atoms with E-state index in [1.807, 2.05) is 18.2 Å². The molecule has 0 fully saturated rings. The van der Waals surface area contributed by atoms with Crippen molar-refractivity contribution in [3.63, 3.8) is 0 Å². The maximum atomic E-state index is 5.72. The molecule has 64 valence electrons. The van der Waals surface area contributed by atoms with Gasteiger partial charge < -0.3 is 5.84 Å². The smallest absolute Gasteiger partial charge is 0.155 e. The second-order valence-electron chi connectivity index (χ2n) is 2.08. The van der Waals surface area contributed by atoms with Crippen LogP contribution in [0.5, 0.6) is 0 Å². The second kappa shape index (κ2) is 4.25. The summed E-state index contributed by atoms with van der Waals surface area (Å²) in [4.78, 5) is 0. The van der Waals surface area contributed by atoms with Gasteiger partial charge in [-0.25, -0.2) is 0 Å². The van der Waals surface area contributed by atoms with Crippen molar-refractivity contribution in [1.82, 2.24) is 0 Å². The van der Waals surface area contributed by atoms with Gasteiger partial charge in [-0.1, -0.05) is 43.5 Å². The first-order chi connectivity index (χ1) is 5.63. The van der Waals surface area contributed by atoms with Gasteiger partial charge >= 0.3 is 0 Å². The molecular formula is C7H5Br2ClN2. The summed E-state index contributed by atoms with van der Waals surface area (Å²) >= 11 is 12.4. The van der Waals surface area contributed by atoms with E-state index in [9.17, 15) is 0 Å². The Morgan fingerprint density at radius 1 is 1.25 bits per heavy atom.